The number of aliphatic hydroxyl groups is 2. The van der Waals surface area contributed by atoms with Crippen molar-refractivity contribution in [1.29, 1.82) is 0 Å². The number of carbonyl (C=O) groups excluding carboxylic acids is 1. The Morgan fingerprint density at radius 2 is 1.61 bits per heavy atom. The first-order valence-electron chi connectivity index (χ1n) is 15.2. The first-order valence-corrected chi connectivity index (χ1v) is 17.1. The highest BCUT2D eigenvalue weighted by Gasteiger charge is 2.68. The molecule has 0 aromatic rings. The molecule has 5 nitrogen and oxygen atoms in total. The van der Waals surface area contributed by atoms with E-state index in [2.05, 4.69) is 51.2 Å². The lowest BCUT2D eigenvalue weighted by Crippen LogP contribution is -2.54. The lowest BCUT2D eigenvalue weighted by atomic mass is 9.44. The highest BCUT2D eigenvalue weighted by Crippen LogP contribution is 2.75. The van der Waals surface area contributed by atoms with Crippen molar-refractivity contribution in [1.82, 2.24) is 0 Å². The lowest BCUT2D eigenvalue weighted by Gasteiger charge is -2.61. The molecule has 10 atom stereocenters. The van der Waals surface area contributed by atoms with Crippen LogP contribution in [0.4, 0.5) is 0 Å². The van der Waals surface area contributed by atoms with Crippen LogP contribution in [-0.4, -0.2) is 55.4 Å². The van der Waals surface area contributed by atoms with Crippen molar-refractivity contribution in [3.8, 4) is 0 Å². The van der Waals surface area contributed by atoms with Crippen molar-refractivity contribution in [2.75, 3.05) is 18.1 Å². The summed E-state index contributed by atoms with van der Waals surface area (Å²) < 4.78 is 0.229. The van der Waals surface area contributed by atoms with Gasteiger partial charge in [0, 0.05) is 37.4 Å². The van der Waals surface area contributed by atoms with E-state index in [9.17, 15) is 15.0 Å². The number of rotatable bonds is 6. The molecule has 0 bridgehead atoms. The Morgan fingerprint density at radius 1 is 0.974 bits per heavy atom. The first-order chi connectivity index (χ1) is 17.9. The van der Waals surface area contributed by atoms with Gasteiger partial charge in [0.2, 0.25) is 0 Å². The van der Waals surface area contributed by atoms with E-state index in [4.69, 9.17) is 9.90 Å². The molecule has 0 aromatic carbocycles. The zero-order chi connectivity index (χ0) is 27.9. The molecule has 3 N–H and O–H groups in total. The predicted octanol–water partition coefficient (Wildman–Crippen LogP) is 6.50. The van der Waals surface area contributed by atoms with Crippen molar-refractivity contribution in [3.63, 3.8) is 0 Å². The van der Waals surface area contributed by atoms with Crippen molar-refractivity contribution < 1.29 is 24.9 Å². The van der Waals surface area contributed by atoms with Gasteiger partial charge in [-0.1, -0.05) is 27.7 Å². The summed E-state index contributed by atoms with van der Waals surface area (Å²) in [6.45, 7) is 10.8. The maximum atomic E-state index is 13.5. The minimum atomic E-state index is -0.833. The van der Waals surface area contributed by atoms with Crippen LogP contribution in [0.2, 0.25) is 0 Å². The third-order valence-corrected chi connectivity index (χ3v) is 15.3. The second kappa shape index (κ2) is 11.9. The number of aliphatic carboxylic acids is 1. The normalized spacial score (nSPS) is 42.7. The molecule has 1 heterocycles. The number of Topliss-reactive ketones (excluding diaryl/α,β-unsaturated/α-hetero) is 1. The fourth-order valence-corrected chi connectivity index (χ4v) is 14.0. The standard InChI is InChI=1S/C29H48O3S2.C2H4O2/c1-18(17-30)5-8-25(32)19(2)26-28(4)12-10-23-22(24(28)16-29(26)33-13-14-34-29)7-6-20-15-21(31)9-11-27(20,23)3;1-2(3)4/h18-24,26,30-31H,5-17H2,1-4H3;1H3,(H,3,4). The van der Waals surface area contributed by atoms with Gasteiger partial charge in [-0.25, -0.2) is 0 Å². The van der Waals surface area contributed by atoms with Crippen LogP contribution in [0.25, 0.3) is 0 Å². The summed E-state index contributed by atoms with van der Waals surface area (Å²) in [7, 11) is 0. The Morgan fingerprint density at radius 3 is 2.24 bits per heavy atom. The smallest absolute Gasteiger partial charge is 0.300 e. The van der Waals surface area contributed by atoms with Crippen LogP contribution in [-0.2, 0) is 9.59 Å². The molecule has 5 rings (SSSR count). The van der Waals surface area contributed by atoms with E-state index < -0.39 is 5.97 Å². The van der Waals surface area contributed by atoms with E-state index in [-0.39, 0.29) is 34.0 Å². The zero-order valence-corrected chi connectivity index (χ0v) is 25.9. The number of carboxylic acids is 1. The summed E-state index contributed by atoms with van der Waals surface area (Å²) in [4.78, 5) is 22.5. The van der Waals surface area contributed by atoms with Gasteiger partial charge in [-0.15, -0.1) is 23.5 Å². The number of carbonyl (C=O) groups is 2. The first kappa shape index (κ1) is 30.7. The molecule has 4 saturated carbocycles. The van der Waals surface area contributed by atoms with Gasteiger partial charge < -0.3 is 15.3 Å². The molecular formula is C31H52O5S2. The van der Waals surface area contributed by atoms with Gasteiger partial charge in [0.15, 0.2) is 0 Å². The molecule has 1 saturated heterocycles. The Bertz CT molecular complexity index is 855. The summed E-state index contributed by atoms with van der Waals surface area (Å²) in [5.41, 5.74) is 0.674. The molecule has 1 aliphatic heterocycles. The number of thioether (sulfide) groups is 2. The Balaban J connectivity index is 0.000000786. The molecule has 5 fully saturated rings. The Hall–Kier alpha value is -0.240. The van der Waals surface area contributed by atoms with E-state index in [1.165, 1.54) is 50.0 Å². The predicted molar refractivity (Wildman–Crippen MR) is 157 cm³/mol. The van der Waals surface area contributed by atoms with E-state index in [0.717, 1.165) is 43.9 Å². The van der Waals surface area contributed by atoms with Gasteiger partial charge in [0.25, 0.3) is 5.97 Å². The summed E-state index contributed by atoms with van der Waals surface area (Å²) in [5.74, 6) is 5.94. The average Bonchev–Trinajstić information content (AvgIpc) is 3.43. The fraction of sp³-hybridized carbons (Fsp3) is 0.935. The number of fused-ring (bicyclic) bond motifs is 5. The summed E-state index contributed by atoms with van der Waals surface area (Å²) in [6, 6.07) is 0. The Labute approximate surface area is 239 Å². The molecule has 7 heteroatoms. The lowest BCUT2D eigenvalue weighted by molar-refractivity contribution is -0.136. The molecule has 38 heavy (non-hydrogen) atoms. The van der Waals surface area contributed by atoms with Crippen LogP contribution in [0, 0.1) is 52.3 Å². The maximum absolute atomic E-state index is 13.5. The van der Waals surface area contributed by atoms with Gasteiger partial charge >= 0.3 is 0 Å². The van der Waals surface area contributed by atoms with E-state index in [1.807, 2.05) is 0 Å². The molecule has 0 radical (unpaired) electrons. The second-order valence-electron chi connectivity index (χ2n) is 13.9. The zero-order valence-electron chi connectivity index (χ0n) is 24.3. The van der Waals surface area contributed by atoms with Gasteiger partial charge in [-0.2, -0.15) is 0 Å². The highest BCUT2D eigenvalue weighted by molar-refractivity contribution is 8.21. The minimum absolute atomic E-state index is 0.0747. The van der Waals surface area contributed by atoms with E-state index in [0.29, 0.717) is 29.5 Å². The van der Waals surface area contributed by atoms with Crippen molar-refractivity contribution in [3.05, 3.63) is 0 Å². The van der Waals surface area contributed by atoms with Gasteiger partial charge in [-0.3, -0.25) is 9.59 Å². The molecule has 1 spiro atoms. The van der Waals surface area contributed by atoms with Crippen LogP contribution in [0.15, 0.2) is 0 Å². The van der Waals surface area contributed by atoms with Crippen molar-refractivity contribution >= 4 is 35.3 Å². The molecule has 218 valence electrons. The highest BCUT2D eigenvalue weighted by atomic mass is 32.2. The quantitative estimate of drug-likeness (QED) is 0.337. The van der Waals surface area contributed by atoms with Crippen LogP contribution in [0.3, 0.4) is 0 Å². The molecule has 4 aliphatic carbocycles. The van der Waals surface area contributed by atoms with Gasteiger partial charge in [0.05, 0.1) is 10.2 Å². The van der Waals surface area contributed by atoms with Gasteiger partial charge in [0.1, 0.15) is 5.78 Å². The minimum Gasteiger partial charge on any atom is -0.481 e. The molecule has 0 aromatic heterocycles. The average molecular weight is 569 g/mol. The maximum Gasteiger partial charge on any atom is 0.300 e. The monoisotopic (exact) mass is 568 g/mol. The number of ketones is 1. The number of carboxylic acid groups (broad SMARTS) is 1. The molecule has 0 amide bonds. The fourth-order valence-electron chi connectivity index (χ4n) is 9.90. The van der Waals surface area contributed by atoms with Gasteiger partial charge in [-0.05, 0) is 104 Å². The number of hydrogen-bond donors (Lipinski definition) is 3. The number of hydrogen-bond acceptors (Lipinski definition) is 6. The largest absolute Gasteiger partial charge is 0.481 e. The summed E-state index contributed by atoms with van der Waals surface area (Å²) in [5, 5.41) is 27.3. The molecule has 10 unspecified atom stereocenters. The molecular weight excluding hydrogens is 516 g/mol. The topological polar surface area (TPSA) is 94.8 Å². The SMILES string of the molecule is CC(=O)O.CC(CO)CCC(=O)C(C)C1C2(CC3C4CCC5CC(O)CCC5(C)C4CCC31C)SCCS2. The summed E-state index contributed by atoms with van der Waals surface area (Å²) in [6.07, 6.45) is 11.1. The van der Waals surface area contributed by atoms with Crippen LogP contribution in [0.5, 0.6) is 0 Å². The molecule has 5 aliphatic rings. The van der Waals surface area contributed by atoms with E-state index in [1.54, 1.807) is 0 Å². The van der Waals surface area contributed by atoms with Crippen LogP contribution < -0.4 is 0 Å². The second-order valence-corrected chi connectivity index (χ2v) is 17.0. The third kappa shape index (κ3) is 5.61. The third-order valence-electron chi connectivity index (χ3n) is 11.7. The Kier molecular flexibility index (Phi) is 9.65. The van der Waals surface area contributed by atoms with Crippen LogP contribution in [0.1, 0.15) is 98.8 Å². The van der Waals surface area contributed by atoms with Crippen molar-refractivity contribution in [2.24, 2.45) is 52.3 Å². The van der Waals surface area contributed by atoms with Crippen LogP contribution >= 0.6 is 23.5 Å². The van der Waals surface area contributed by atoms with E-state index >= 15 is 0 Å². The van der Waals surface area contributed by atoms with Crippen molar-refractivity contribution in [2.45, 2.75) is 109 Å². The summed E-state index contributed by atoms with van der Waals surface area (Å²) >= 11 is 4.40. The number of aliphatic hydroxyl groups excluding tert-OH is 2.